The van der Waals surface area contributed by atoms with Crippen LogP contribution in [0.4, 0.5) is 11.4 Å². The molecule has 3 aromatic rings. The molecule has 2 amide bonds. The summed E-state index contributed by atoms with van der Waals surface area (Å²) in [6, 6.07) is 15.6. The van der Waals surface area contributed by atoms with Crippen LogP contribution in [-0.4, -0.2) is 16.9 Å². The highest BCUT2D eigenvalue weighted by Crippen LogP contribution is 2.31. The molecule has 0 aliphatic heterocycles. The van der Waals surface area contributed by atoms with Crippen LogP contribution in [0, 0.1) is 5.92 Å². The van der Waals surface area contributed by atoms with E-state index in [0.29, 0.717) is 38.5 Å². The fourth-order valence-electron chi connectivity index (χ4n) is 2.71. The summed E-state index contributed by atoms with van der Waals surface area (Å²) in [4.78, 5) is 24.1. The van der Waals surface area contributed by atoms with E-state index in [2.05, 4.69) is 16.0 Å². The van der Waals surface area contributed by atoms with Gasteiger partial charge < -0.3 is 15.1 Å². The van der Waals surface area contributed by atoms with Crippen LogP contribution < -0.4 is 16.0 Å². The highest BCUT2D eigenvalue weighted by atomic mass is 35.5. The minimum atomic E-state index is -0.431. The van der Waals surface area contributed by atoms with E-state index < -0.39 is 5.91 Å². The number of thiocarbonyl (C=S) groups is 1. The Morgan fingerprint density at radius 1 is 1.00 bits per heavy atom. The van der Waals surface area contributed by atoms with Crippen LogP contribution >= 0.6 is 35.4 Å². The molecule has 0 aliphatic rings. The van der Waals surface area contributed by atoms with Crippen LogP contribution in [0.25, 0.3) is 17.4 Å². The normalized spacial score (nSPS) is 10.9. The van der Waals surface area contributed by atoms with Gasteiger partial charge in [-0.25, -0.2) is 0 Å². The summed E-state index contributed by atoms with van der Waals surface area (Å²) < 4.78 is 5.73. The molecule has 1 heterocycles. The largest absolute Gasteiger partial charge is 0.457 e. The smallest absolute Gasteiger partial charge is 0.250 e. The fraction of sp³-hybridized carbons (Fsp3) is 0.125. The van der Waals surface area contributed by atoms with E-state index in [-0.39, 0.29) is 16.9 Å². The van der Waals surface area contributed by atoms with Gasteiger partial charge in [-0.2, -0.15) is 0 Å². The van der Waals surface area contributed by atoms with Gasteiger partial charge in [-0.15, -0.1) is 0 Å². The summed E-state index contributed by atoms with van der Waals surface area (Å²) in [5.41, 5.74) is 1.95. The highest BCUT2D eigenvalue weighted by molar-refractivity contribution is 7.80. The van der Waals surface area contributed by atoms with Crippen molar-refractivity contribution >= 4 is 69.8 Å². The van der Waals surface area contributed by atoms with Crippen molar-refractivity contribution in [2.24, 2.45) is 5.92 Å². The zero-order valence-corrected chi connectivity index (χ0v) is 20.1. The van der Waals surface area contributed by atoms with Crippen LogP contribution in [0.3, 0.4) is 0 Å². The Hall–Kier alpha value is -3.13. The maximum Gasteiger partial charge on any atom is 0.250 e. The summed E-state index contributed by atoms with van der Waals surface area (Å²) in [5.74, 6) is 0.367. The Balaban J connectivity index is 1.56. The zero-order valence-electron chi connectivity index (χ0n) is 17.8. The Labute approximate surface area is 207 Å². The molecule has 3 rings (SSSR count). The second-order valence-electron chi connectivity index (χ2n) is 7.33. The first-order valence-corrected chi connectivity index (χ1v) is 11.1. The lowest BCUT2D eigenvalue weighted by molar-refractivity contribution is -0.119. The Morgan fingerprint density at radius 3 is 2.42 bits per heavy atom. The van der Waals surface area contributed by atoms with Gasteiger partial charge in [-0.05, 0) is 66.8 Å². The van der Waals surface area contributed by atoms with Crippen molar-refractivity contribution in [3.8, 4) is 11.3 Å². The summed E-state index contributed by atoms with van der Waals surface area (Å²) >= 11 is 17.3. The molecule has 0 aliphatic carbocycles. The molecule has 0 radical (unpaired) electrons. The molecule has 0 saturated heterocycles. The number of furan rings is 1. The van der Waals surface area contributed by atoms with E-state index in [9.17, 15) is 9.59 Å². The van der Waals surface area contributed by atoms with Gasteiger partial charge in [0.05, 0.1) is 5.02 Å². The van der Waals surface area contributed by atoms with E-state index in [1.54, 1.807) is 54.6 Å². The number of anilines is 2. The van der Waals surface area contributed by atoms with Gasteiger partial charge in [0.1, 0.15) is 11.5 Å². The molecule has 6 nitrogen and oxygen atoms in total. The number of halogens is 2. The zero-order chi connectivity index (χ0) is 24.0. The number of carbonyl (C=O) groups excluding carboxylic acids is 2. The molecular weight excluding hydrogens is 481 g/mol. The van der Waals surface area contributed by atoms with Crippen LogP contribution in [0.1, 0.15) is 19.6 Å². The van der Waals surface area contributed by atoms with Crippen molar-refractivity contribution in [2.75, 3.05) is 10.6 Å². The molecule has 0 atom stereocenters. The molecule has 9 heteroatoms. The number of nitrogens with one attached hydrogen (secondary N) is 3. The average Bonchev–Trinajstić information content (AvgIpc) is 3.21. The van der Waals surface area contributed by atoms with Gasteiger partial charge in [0.15, 0.2) is 5.11 Å². The molecule has 0 fully saturated rings. The lowest BCUT2D eigenvalue weighted by atomic mass is 10.2. The molecule has 0 unspecified atom stereocenters. The van der Waals surface area contributed by atoms with E-state index in [0.717, 1.165) is 0 Å². The van der Waals surface area contributed by atoms with Crippen LogP contribution in [0.5, 0.6) is 0 Å². The number of hydrogen-bond donors (Lipinski definition) is 3. The summed E-state index contributed by atoms with van der Waals surface area (Å²) in [6.45, 7) is 3.62. The summed E-state index contributed by atoms with van der Waals surface area (Å²) in [5, 5.41) is 9.40. The minimum absolute atomic E-state index is 0.0902. The summed E-state index contributed by atoms with van der Waals surface area (Å²) in [6.07, 6.45) is 2.83. The Kier molecular flexibility index (Phi) is 8.27. The number of benzene rings is 2. The molecule has 0 saturated carbocycles. The lowest BCUT2D eigenvalue weighted by Crippen LogP contribution is -2.32. The van der Waals surface area contributed by atoms with Crippen molar-refractivity contribution in [3.05, 3.63) is 76.5 Å². The molecule has 170 valence electrons. The van der Waals surface area contributed by atoms with Crippen LogP contribution in [-0.2, 0) is 9.59 Å². The van der Waals surface area contributed by atoms with Gasteiger partial charge in [-0.3, -0.25) is 14.9 Å². The van der Waals surface area contributed by atoms with Crippen molar-refractivity contribution in [3.63, 3.8) is 0 Å². The third kappa shape index (κ3) is 7.18. The maximum absolute atomic E-state index is 12.2. The van der Waals surface area contributed by atoms with Crippen molar-refractivity contribution in [1.82, 2.24) is 5.32 Å². The first-order valence-electron chi connectivity index (χ1n) is 9.97. The van der Waals surface area contributed by atoms with Crippen LogP contribution in [0.2, 0.25) is 10.0 Å². The quantitative estimate of drug-likeness (QED) is 0.269. The van der Waals surface area contributed by atoms with Gasteiger partial charge in [0.25, 0.3) is 0 Å². The molecule has 2 aromatic carbocycles. The van der Waals surface area contributed by atoms with E-state index >= 15 is 0 Å². The predicted octanol–water partition coefficient (Wildman–Crippen LogP) is 6.37. The first kappa shape index (κ1) is 24.5. The third-order valence-corrected chi connectivity index (χ3v) is 5.12. The van der Waals surface area contributed by atoms with Crippen molar-refractivity contribution < 1.29 is 14.0 Å². The lowest BCUT2D eigenvalue weighted by Gasteiger charge is -2.11. The number of hydrogen-bond acceptors (Lipinski definition) is 4. The second kappa shape index (κ2) is 11.1. The highest BCUT2D eigenvalue weighted by Gasteiger charge is 2.10. The van der Waals surface area contributed by atoms with Crippen molar-refractivity contribution in [1.29, 1.82) is 0 Å². The molecule has 33 heavy (non-hydrogen) atoms. The maximum atomic E-state index is 12.2. The molecule has 0 bridgehead atoms. The molecule has 3 N–H and O–H groups in total. The number of carbonyl (C=O) groups is 2. The van der Waals surface area contributed by atoms with Gasteiger partial charge in [-0.1, -0.05) is 43.1 Å². The first-order chi connectivity index (χ1) is 15.7. The van der Waals surface area contributed by atoms with Gasteiger partial charge in [0, 0.05) is 34.0 Å². The van der Waals surface area contributed by atoms with E-state index in [1.165, 1.54) is 12.2 Å². The monoisotopic (exact) mass is 501 g/mol. The molecule has 0 spiro atoms. The standard InChI is InChI=1S/C24H21Cl2N3O3S/c1-14(2)23(31)27-16-4-3-5-17(13-16)28-24(33)29-22(30)11-8-18-7-10-21(32-18)19-9-6-15(25)12-20(19)26/h3-14H,1-2H3,(H,27,31)(H2,28,29,30,33)/b11-8+. The van der Waals surface area contributed by atoms with Crippen LogP contribution in [0.15, 0.2) is 65.1 Å². The fourth-order valence-corrected chi connectivity index (χ4v) is 3.43. The van der Waals surface area contributed by atoms with Crippen molar-refractivity contribution in [2.45, 2.75) is 13.8 Å². The van der Waals surface area contributed by atoms with Gasteiger partial charge >= 0.3 is 0 Å². The third-order valence-electron chi connectivity index (χ3n) is 4.37. The Bertz CT molecular complexity index is 1220. The minimum Gasteiger partial charge on any atom is -0.457 e. The SMILES string of the molecule is CC(C)C(=O)Nc1cccc(NC(=S)NC(=O)/C=C/c2ccc(-c3ccc(Cl)cc3Cl)o2)c1. The average molecular weight is 502 g/mol. The van der Waals surface area contributed by atoms with E-state index in [1.807, 2.05) is 13.8 Å². The second-order valence-corrected chi connectivity index (χ2v) is 8.58. The van der Waals surface area contributed by atoms with E-state index in [4.69, 9.17) is 39.8 Å². The number of rotatable bonds is 6. The number of amides is 2. The molecular formula is C24H21Cl2N3O3S. The Morgan fingerprint density at radius 2 is 1.73 bits per heavy atom. The van der Waals surface area contributed by atoms with Gasteiger partial charge in [0.2, 0.25) is 11.8 Å². The summed E-state index contributed by atoms with van der Waals surface area (Å²) in [7, 11) is 0. The predicted molar refractivity (Wildman–Crippen MR) is 137 cm³/mol. The molecule has 1 aromatic heterocycles. The topological polar surface area (TPSA) is 83.4 Å².